The van der Waals surface area contributed by atoms with Crippen LogP contribution in [0.5, 0.6) is 0 Å². The van der Waals surface area contributed by atoms with Gasteiger partial charge in [-0.2, -0.15) is 0 Å². The highest BCUT2D eigenvalue weighted by molar-refractivity contribution is 7.47. The molecule has 8 nitrogen and oxygen atoms in total. The molecule has 0 radical (unpaired) electrons. The fourth-order valence-corrected chi connectivity index (χ4v) is 7.42. The van der Waals surface area contributed by atoms with Gasteiger partial charge in [-0.05, 0) is 70.6 Å². The lowest BCUT2D eigenvalue weighted by atomic mass is 10.0. The van der Waals surface area contributed by atoms with Gasteiger partial charge >= 0.3 is 13.8 Å². The molecular weight excluding hydrogens is 746 g/mol. The fourth-order valence-electron chi connectivity index (χ4n) is 6.65. The number of allylic oxidation sites excluding steroid dienone is 8. The summed E-state index contributed by atoms with van der Waals surface area (Å²) < 4.78 is 33.5. The van der Waals surface area contributed by atoms with Crippen molar-refractivity contribution in [2.24, 2.45) is 5.73 Å². The van der Waals surface area contributed by atoms with E-state index >= 15 is 0 Å². The highest BCUT2D eigenvalue weighted by Gasteiger charge is 2.25. The first-order chi connectivity index (χ1) is 28.4. The van der Waals surface area contributed by atoms with Crippen molar-refractivity contribution in [3.63, 3.8) is 0 Å². The van der Waals surface area contributed by atoms with Crippen LogP contribution in [-0.2, 0) is 27.9 Å². The first kappa shape index (κ1) is 56.5. The van der Waals surface area contributed by atoms with Crippen molar-refractivity contribution in [2.45, 2.75) is 225 Å². The fraction of sp³-hybridized carbons (Fsp3) is 0.816. The third-order valence-corrected chi connectivity index (χ3v) is 11.2. The molecule has 0 aliphatic carbocycles. The molecule has 58 heavy (non-hydrogen) atoms. The molecule has 0 aliphatic heterocycles. The zero-order valence-electron chi connectivity index (χ0n) is 37.8. The van der Waals surface area contributed by atoms with E-state index in [1.807, 2.05) is 0 Å². The van der Waals surface area contributed by atoms with Crippen molar-refractivity contribution in [3.8, 4) is 0 Å². The highest BCUT2D eigenvalue weighted by Crippen LogP contribution is 2.43. The molecule has 9 heteroatoms. The average molecular weight is 838 g/mol. The largest absolute Gasteiger partial charge is 0.472 e. The maximum Gasteiger partial charge on any atom is 0.472 e. The van der Waals surface area contributed by atoms with Crippen molar-refractivity contribution >= 4 is 13.8 Å². The molecule has 0 heterocycles. The van der Waals surface area contributed by atoms with E-state index in [1.165, 1.54) is 128 Å². The maximum absolute atomic E-state index is 12.6. The van der Waals surface area contributed by atoms with E-state index in [-0.39, 0.29) is 32.3 Å². The van der Waals surface area contributed by atoms with Crippen LogP contribution in [0.4, 0.5) is 0 Å². The summed E-state index contributed by atoms with van der Waals surface area (Å²) in [5, 5.41) is 0. The van der Waals surface area contributed by atoms with Gasteiger partial charge in [0.05, 0.1) is 19.8 Å². The van der Waals surface area contributed by atoms with Gasteiger partial charge in [0.25, 0.3) is 0 Å². The summed E-state index contributed by atoms with van der Waals surface area (Å²) in [5.74, 6) is -0.344. The van der Waals surface area contributed by atoms with Crippen molar-refractivity contribution < 1.29 is 32.8 Å². The Kier molecular flexibility index (Phi) is 45.3. The monoisotopic (exact) mass is 838 g/mol. The van der Waals surface area contributed by atoms with E-state index in [0.29, 0.717) is 13.0 Å². The van der Waals surface area contributed by atoms with Crippen LogP contribution in [0.15, 0.2) is 48.6 Å². The Morgan fingerprint density at radius 3 is 1.41 bits per heavy atom. The molecule has 0 rings (SSSR count). The zero-order valence-corrected chi connectivity index (χ0v) is 38.7. The molecule has 2 atom stereocenters. The van der Waals surface area contributed by atoms with Gasteiger partial charge < -0.3 is 20.1 Å². The molecule has 0 aromatic rings. The van der Waals surface area contributed by atoms with E-state index in [9.17, 15) is 14.3 Å². The lowest BCUT2D eigenvalue weighted by Crippen LogP contribution is -2.28. The van der Waals surface area contributed by atoms with Crippen LogP contribution < -0.4 is 5.73 Å². The zero-order chi connectivity index (χ0) is 42.3. The summed E-state index contributed by atoms with van der Waals surface area (Å²) >= 11 is 0. The molecule has 0 aromatic carbocycles. The van der Waals surface area contributed by atoms with Gasteiger partial charge in [-0.25, -0.2) is 4.57 Å². The number of ether oxygens (including phenoxy) is 2. The number of phosphoric acid groups is 1. The van der Waals surface area contributed by atoms with Crippen LogP contribution in [0.3, 0.4) is 0 Å². The summed E-state index contributed by atoms with van der Waals surface area (Å²) in [6.07, 6.45) is 55.8. The number of hydrogen-bond donors (Lipinski definition) is 2. The molecular formula is C49H92NO7P. The Morgan fingerprint density at radius 2 is 0.948 bits per heavy atom. The van der Waals surface area contributed by atoms with Gasteiger partial charge in [-0.1, -0.05) is 191 Å². The van der Waals surface area contributed by atoms with Gasteiger partial charge in [-0.15, -0.1) is 0 Å². The molecule has 340 valence electrons. The first-order valence-electron chi connectivity index (χ1n) is 24.1. The normalized spacial score (nSPS) is 13.8. The third kappa shape index (κ3) is 45.5. The SMILES string of the molecule is CCC/C=C\C/C=C\CCCCCCCC(=O)OC(COCCCCCCCCCCCCCCCC/C=C\C/C=C\CCCCCCC)COP(=O)(O)OCCN. The topological polar surface area (TPSA) is 117 Å². The van der Waals surface area contributed by atoms with Gasteiger partial charge in [-0.3, -0.25) is 13.8 Å². The lowest BCUT2D eigenvalue weighted by molar-refractivity contribution is -0.154. The molecule has 3 N–H and O–H groups in total. The van der Waals surface area contributed by atoms with E-state index < -0.39 is 13.9 Å². The van der Waals surface area contributed by atoms with Crippen LogP contribution in [0.2, 0.25) is 0 Å². The highest BCUT2D eigenvalue weighted by atomic mass is 31.2. The Morgan fingerprint density at radius 1 is 0.517 bits per heavy atom. The average Bonchev–Trinajstić information content (AvgIpc) is 3.21. The van der Waals surface area contributed by atoms with E-state index in [1.54, 1.807) is 0 Å². The van der Waals surface area contributed by atoms with Crippen LogP contribution in [0.1, 0.15) is 219 Å². The van der Waals surface area contributed by atoms with Gasteiger partial charge in [0, 0.05) is 19.6 Å². The molecule has 0 aromatic heterocycles. The smallest absolute Gasteiger partial charge is 0.457 e. The number of phosphoric ester groups is 1. The van der Waals surface area contributed by atoms with Crippen molar-refractivity contribution in [3.05, 3.63) is 48.6 Å². The number of nitrogens with two attached hydrogens (primary N) is 1. The minimum Gasteiger partial charge on any atom is -0.457 e. The summed E-state index contributed by atoms with van der Waals surface area (Å²) in [7, 11) is -4.28. The summed E-state index contributed by atoms with van der Waals surface area (Å²) in [6.45, 7) is 4.84. The number of unbranched alkanes of at least 4 members (excludes halogenated alkanes) is 25. The Bertz CT molecular complexity index is 1030. The molecule has 0 aliphatic rings. The lowest BCUT2D eigenvalue weighted by Gasteiger charge is -2.20. The second kappa shape index (κ2) is 46.5. The predicted octanol–water partition coefficient (Wildman–Crippen LogP) is 14.8. The molecule has 2 unspecified atom stereocenters. The molecule has 0 saturated heterocycles. The quantitative estimate of drug-likeness (QED) is 0.0269. The minimum absolute atomic E-state index is 0.0971. The van der Waals surface area contributed by atoms with Crippen LogP contribution in [0.25, 0.3) is 0 Å². The van der Waals surface area contributed by atoms with Gasteiger partial charge in [0.2, 0.25) is 0 Å². The van der Waals surface area contributed by atoms with Crippen molar-refractivity contribution in [1.29, 1.82) is 0 Å². The summed E-state index contributed by atoms with van der Waals surface area (Å²) in [5.41, 5.74) is 5.37. The standard InChI is InChI=1S/C49H92NO7P/c1-3-5-7-9-11-13-15-17-18-19-20-21-22-23-24-25-26-27-28-29-31-33-35-37-39-41-44-54-46-48(47-56-58(52,53)55-45-43-50)57-49(51)42-40-38-36-34-32-30-16-14-12-10-8-6-4-2/h8,10,14-17,19-20,48H,3-7,9,11-13,18,21-47,50H2,1-2H3,(H,52,53)/b10-8-,16-14-,17-15-,20-19-. The van der Waals surface area contributed by atoms with Crippen LogP contribution in [0, 0.1) is 0 Å². The number of carbonyl (C=O) groups excluding carboxylic acids is 1. The number of hydrogen-bond acceptors (Lipinski definition) is 7. The number of rotatable bonds is 46. The Labute approximate surface area is 358 Å². The summed E-state index contributed by atoms with van der Waals surface area (Å²) in [6, 6.07) is 0. The predicted molar refractivity (Wildman–Crippen MR) is 247 cm³/mol. The van der Waals surface area contributed by atoms with E-state index in [0.717, 1.165) is 70.6 Å². The molecule has 0 saturated carbocycles. The van der Waals surface area contributed by atoms with E-state index in [4.69, 9.17) is 24.3 Å². The van der Waals surface area contributed by atoms with Crippen LogP contribution in [-0.4, -0.2) is 49.9 Å². The van der Waals surface area contributed by atoms with Crippen LogP contribution >= 0.6 is 7.82 Å². The molecule has 0 fully saturated rings. The first-order valence-corrected chi connectivity index (χ1v) is 25.6. The third-order valence-electron chi connectivity index (χ3n) is 10.2. The van der Waals surface area contributed by atoms with Crippen molar-refractivity contribution in [2.75, 3.05) is 33.0 Å². The Balaban J connectivity index is 3.89. The van der Waals surface area contributed by atoms with Crippen molar-refractivity contribution in [1.82, 2.24) is 0 Å². The summed E-state index contributed by atoms with van der Waals surface area (Å²) in [4.78, 5) is 22.5. The minimum atomic E-state index is -4.28. The second-order valence-electron chi connectivity index (χ2n) is 16.0. The van der Waals surface area contributed by atoms with Gasteiger partial charge in [0.15, 0.2) is 0 Å². The molecule has 0 amide bonds. The number of esters is 1. The Hall–Kier alpha value is -1.54. The van der Waals surface area contributed by atoms with Gasteiger partial charge in [0.1, 0.15) is 6.10 Å². The number of carbonyl (C=O) groups is 1. The van der Waals surface area contributed by atoms with E-state index in [2.05, 4.69) is 62.5 Å². The molecule has 0 bridgehead atoms. The maximum atomic E-state index is 12.6. The second-order valence-corrected chi connectivity index (χ2v) is 17.4. The molecule has 0 spiro atoms.